The number of carbonyl (C=O) groups excluding carboxylic acids is 1. The minimum atomic E-state index is -0.601. The maximum atomic E-state index is 12.8. The third-order valence-corrected chi connectivity index (χ3v) is 4.73. The third-order valence-electron chi connectivity index (χ3n) is 4.73. The van der Waals surface area contributed by atoms with Crippen LogP contribution < -0.4 is 0 Å². The Morgan fingerprint density at radius 3 is 2.00 bits per heavy atom. The van der Waals surface area contributed by atoms with Crippen molar-refractivity contribution in [3.8, 4) is 6.07 Å². The molecule has 3 rings (SSSR count). The first-order valence-corrected chi connectivity index (χ1v) is 8.87. The minimum Gasteiger partial charge on any atom is -0.294 e. The van der Waals surface area contributed by atoms with Crippen LogP contribution in [-0.2, 0) is 0 Å². The molecule has 3 aromatic rings. The van der Waals surface area contributed by atoms with Crippen LogP contribution in [0.3, 0.4) is 0 Å². The summed E-state index contributed by atoms with van der Waals surface area (Å²) in [6, 6.07) is 26.7. The Morgan fingerprint density at radius 2 is 1.46 bits per heavy atom. The lowest BCUT2D eigenvalue weighted by Crippen LogP contribution is -2.15. The average Bonchev–Trinajstić information content (AvgIpc) is 2.75. The van der Waals surface area contributed by atoms with Gasteiger partial charge in [-0.05, 0) is 11.1 Å². The second-order valence-electron chi connectivity index (χ2n) is 6.47. The Hall–Kier alpha value is -3.78. The average molecular weight is 370 g/mol. The van der Waals surface area contributed by atoms with Crippen molar-refractivity contribution in [2.75, 3.05) is 0 Å². The lowest BCUT2D eigenvalue weighted by molar-refractivity contribution is -0.384. The van der Waals surface area contributed by atoms with E-state index in [1.807, 2.05) is 48.5 Å². The van der Waals surface area contributed by atoms with E-state index in [0.717, 1.165) is 5.56 Å². The monoisotopic (exact) mass is 370 g/mol. The fourth-order valence-electron chi connectivity index (χ4n) is 3.27. The Kier molecular flexibility index (Phi) is 5.93. The highest BCUT2D eigenvalue weighted by Crippen LogP contribution is 2.36. The van der Waals surface area contributed by atoms with Crippen LogP contribution in [0, 0.1) is 21.4 Å². The van der Waals surface area contributed by atoms with Gasteiger partial charge < -0.3 is 0 Å². The van der Waals surface area contributed by atoms with E-state index in [1.165, 1.54) is 12.1 Å². The van der Waals surface area contributed by atoms with Gasteiger partial charge in [0.2, 0.25) is 0 Å². The van der Waals surface area contributed by atoms with E-state index in [0.29, 0.717) is 11.1 Å². The molecule has 138 valence electrons. The number of benzene rings is 3. The summed E-state index contributed by atoms with van der Waals surface area (Å²) in [4.78, 5) is 23.3. The van der Waals surface area contributed by atoms with Crippen LogP contribution in [0.4, 0.5) is 5.69 Å². The largest absolute Gasteiger partial charge is 0.294 e. The van der Waals surface area contributed by atoms with Gasteiger partial charge in [0.05, 0.1) is 16.9 Å². The highest BCUT2D eigenvalue weighted by atomic mass is 16.6. The normalized spacial score (nSPS) is 12.5. The minimum absolute atomic E-state index is 0.0305. The van der Waals surface area contributed by atoms with Crippen molar-refractivity contribution in [3.05, 3.63) is 112 Å². The number of nitro benzene ring substituents is 1. The molecule has 0 bridgehead atoms. The molecule has 0 heterocycles. The van der Waals surface area contributed by atoms with Crippen LogP contribution in [0.1, 0.15) is 39.7 Å². The van der Waals surface area contributed by atoms with Crippen molar-refractivity contribution in [1.29, 1.82) is 5.26 Å². The van der Waals surface area contributed by atoms with Crippen LogP contribution in [-0.4, -0.2) is 10.7 Å². The number of non-ortho nitro benzene ring substituents is 1. The molecule has 0 radical (unpaired) electrons. The molecule has 0 saturated carbocycles. The van der Waals surface area contributed by atoms with Crippen molar-refractivity contribution in [2.24, 2.45) is 0 Å². The Bertz CT molecular complexity index is 994. The molecule has 0 aliphatic carbocycles. The fourth-order valence-corrected chi connectivity index (χ4v) is 3.27. The first kappa shape index (κ1) is 19.0. The number of carbonyl (C=O) groups is 1. The Balaban J connectivity index is 1.96. The molecule has 2 unspecified atom stereocenters. The first-order chi connectivity index (χ1) is 13.6. The molecule has 3 aromatic carbocycles. The molecule has 0 spiro atoms. The summed E-state index contributed by atoms with van der Waals surface area (Å²) >= 11 is 0. The number of hydrogen-bond acceptors (Lipinski definition) is 4. The zero-order valence-corrected chi connectivity index (χ0v) is 15.1. The molecule has 0 aliphatic rings. The highest BCUT2D eigenvalue weighted by Gasteiger charge is 2.28. The fraction of sp³-hybridized carbons (Fsp3) is 0.130. The zero-order valence-electron chi connectivity index (χ0n) is 15.1. The van der Waals surface area contributed by atoms with Crippen molar-refractivity contribution >= 4 is 11.5 Å². The van der Waals surface area contributed by atoms with Crippen LogP contribution >= 0.6 is 0 Å². The number of hydrogen-bond donors (Lipinski definition) is 0. The number of ketones is 1. The summed E-state index contributed by atoms with van der Waals surface area (Å²) in [6.07, 6.45) is 0.170. The molecular formula is C23H18N2O3. The molecule has 5 nitrogen and oxygen atoms in total. The molecule has 0 fully saturated rings. The van der Waals surface area contributed by atoms with Gasteiger partial charge in [0.15, 0.2) is 5.78 Å². The van der Waals surface area contributed by atoms with Gasteiger partial charge in [-0.25, -0.2) is 0 Å². The van der Waals surface area contributed by atoms with E-state index in [2.05, 4.69) is 6.07 Å². The summed E-state index contributed by atoms with van der Waals surface area (Å²) in [7, 11) is 0. The molecule has 0 saturated heterocycles. The summed E-state index contributed by atoms with van der Waals surface area (Å²) in [5, 5.41) is 20.8. The molecule has 0 N–H and O–H groups in total. The zero-order chi connectivity index (χ0) is 19.9. The number of nitro groups is 1. The second kappa shape index (κ2) is 8.74. The number of Topliss-reactive ketones (excluding diaryl/α,β-unsaturated/α-hetero) is 1. The van der Waals surface area contributed by atoms with E-state index in [-0.39, 0.29) is 23.8 Å². The maximum Gasteiger partial charge on any atom is 0.269 e. The van der Waals surface area contributed by atoms with Crippen LogP contribution in [0.25, 0.3) is 0 Å². The van der Waals surface area contributed by atoms with Crippen molar-refractivity contribution < 1.29 is 9.72 Å². The van der Waals surface area contributed by atoms with E-state index in [4.69, 9.17) is 0 Å². The van der Waals surface area contributed by atoms with Gasteiger partial charge in [-0.15, -0.1) is 0 Å². The molecule has 5 heteroatoms. The highest BCUT2D eigenvalue weighted by molar-refractivity contribution is 5.96. The Morgan fingerprint density at radius 1 is 0.893 bits per heavy atom. The molecule has 0 aliphatic heterocycles. The predicted molar refractivity (Wildman–Crippen MR) is 106 cm³/mol. The molecule has 2 atom stereocenters. The number of nitrogens with zero attached hydrogens (tertiary/aromatic N) is 2. The first-order valence-electron chi connectivity index (χ1n) is 8.87. The van der Waals surface area contributed by atoms with Gasteiger partial charge >= 0.3 is 0 Å². The van der Waals surface area contributed by atoms with Gasteiger partial charge in [0.25, 0.3) is 5.69 Å². The molecule has 28 heavy (non-hydrogen) atoms. The number of nitriles is 1. The van der Waals surface area contributed by atoms with Crippen molar-refractivity contribution in [2.45, 2.75) is 18.3 Å². The lowest BCUT2D eigenvalue weighted by atomic mass is 9.78. The van der Waals surface area contributed by atoms with E-state index >= 15 is 0 Å². The molecule has 0 amide bonds. The topological polar surface area (TPSA) is 84.0 Å². The lowest BCUT2D eigenvalue weighted by Gasteiger charge is -2.22. The van der Waals surface area contributed by atoms with Crippen LogP contribution in [0.15, 0.2) is 84.9 Å². The quantitative estimate of drug-likeness (QED) is 0.323. The van der Waals surface area contributed by atoms with Crippen molar-refractivity contribution in [3.63, 3.8) is 0 Å². The smallest absolute Gasteiger partial charge is 0.269 e. The van der Waals surface area contributed by atoms with Crippen molar-refractivity contribution in [1.82, 2.24) is 0 Å². The Labute approximate surface area is 163 Å². The van der Waals surface area contributed by atoms with Gasteiger partial charge in [0, 0.05) is 30.0 Å². The second-order valence-corrected chi connectivity index (χ2v) is 6.47. The number of rotatable bonds is 7. The van der Waals surface area contributed by atoms with Gasteiger partial charge in [0.1, 0.15) is 0 Å². The SMILES string of the molecule is N#CC(c1ccc([N+](=O)[O-])cc1)C(CC(=O)c1ccccc1)c1ccccc1. The van der Waals surface area contributed by atoms with E-state index in [9.17, 15) is 20.2 Å². The standard InChI is InChI=1S/C23H18N2O3/c24-16-22(18-11-13-20(14-12-18)25(27)28)21(17-7-3-1-4-8-17)15-23(26)19-9-5-2-6-10-19/h1-14,21-22H,15H2. The van der Waals surface area contributed by atoms with Gasteiger partial charge in [-0.3, -0.25) is 14.9 Å². The van der Waals surface area contributed by atoms with E-state index < -0.39 is 10.8 Å². The summed E-state index contributed by atoms with van der Waals surface area (Å²) in [5.41, 5.74) is 2.11. The van der Waals surface area contributed by atoms with Gasteiger partial charge in [-0.1, -0.05) is 72.8 Å². The predicted octanol–water partition coefficient (Wildman–Crippen LogP) is 5.26. The summed E-state index contributed by atoms with van der Waals surface area (Å²) < 4.78 is 0. The van der Waals surface area contributed by atoms with E-state index in [1.54, 1.807) is 24.3 Å². The summed E-state index contributed by atoms with van der Waals surface area (Å²) in [6.45, 7) is 0. The van der Waals surface area contributed by atoms with Crippen LogP contribution in [0.5, 0.6) is 0 Å². The van der Waals surface area contributed by atoms with Crippen LogP contribution in [0.2, 0.25) is 0 Å². The molecule has 0 aromatic heterocycles. The molecular weight excluding hydrogens is 352 g/mol. The third kappa shape index (κ3) is 4.30. The van der Waals surface area contributed by atoms with Gasteiger partial charge in [-0.2, -0.15) is 5.26 Å². The maximum absolute atomic E-state index is 12.8. The summed E-state index contributed by atoms with van der Waals surface area (Å²) in [5.74, 6) is -1.01.